The Morgan fingerprint density at radius 2 is 2.24 bits per heavy atom. The number of amides is 1. The molecular weight excluding hydrogens is 282 g/mol. The molecule has 3 nitrogen and oxygen atoms in total. The first-order valence-electron chi connectivity index (χ1n) is 5.94. The van der Waals surface area contributed by atoms with E-state index in [4.69, 9.17) is 0 Å². The van der Waals surface area contributed by atoms with Gasteiger partial charge in [0.15, 0.2) is 0 Å². The number of fused-ring (bicyclic) bond motifs is 2. The van der Waals surface area contributed by atoms with Crippen LogP contribution >= 0.6 is 15.9 Å². The lowest BCUT2D eigenvalue weighted by Crippen LogP contribution is -2.37. The number of phenols is 1. The van der Waals surface area contributed by atoms with Gasteiger partial charge in [-0.2, -0.15) is 0 Å². The number of rotatable bonds is 1. The van der Waals surface area contributed by atoms with Gasteiger partial charge in [0.1, 0.15) is 5.75 Å². The second-order valence-electron chi connectivity index (χ2n) is 4.96. The van der Waals surface area contributed by atoms with Crippen LogP contribution in [0.25, 0.3) is 0 Å². The topological polar surface area (TPSA) is 40.5 Å². The number of phenolic OH excluding ortho intramolecular Hbond substituents is 1. The second kappa shape index (κ2) is 4.02. The van der Waals surface area contributed by atoms with Gasteiger partial charge in [-0.25, -0.2) is 0 Å². The number of likely N-dealkylation sites (tertiary alicyclic amines) is 1. The molecule has 0 radical (unpaired) electrons. The van der Waals surface area contributed by atoms with E-state index in [1.54, 1.807) is 18.2 Å². The Morgan fingerprint density at radius 3 is 2.82 bits per heavy atom. The van der Waals surface area contributed by atoms with E-state index in [1.165, 1.54) is 6.42 Å². The number of halogens is 1. The van der Waals surface area contributed by atoms with Crippen molar-refractivity contribution in [2.45, 2.75) is 25.3 Å². The van der Waals surface area contributed by atoms with Gasteiger partial charge in [-0.15, -0.1) is 0 Å². The summed E-state index contributed by atoms with van der Waals surface area (Å²) >= 11 is 3.22. The minimum absolute atomic E-state index is 0.0556. The van der Waals surface area contributed by atoms with Gasteiger partial charge < -0.3 is 10.0 Å². The first kappa shape index (κ1) is 11.1. The van der Waals surface area contributed by atoms with Crippen LogP contribution in [-0.4, -0.2) is 28.5 Å². The zero-order valence-corrected chi connectivity index (χ0v) is 11.0. The highest BCUT2D eigenvalue weighted by Gasteiger charge is 2.40. The zero-order chi connectivity index (χ0) is 12.0. The van der Waals surface area contributed by atoms with Crippen molar-refractivity contribution in [2.75, 3.05) is 6.54 Å². The summed E-state index contributed by atoms with van der Waals surface area (Å²) in [6.07, 6.45) is 3.56. The van der Waals surface area contributed by atoms with Crippen LogP contribution in [0.2, 0.25) is 0 Å². The maximum Gasteiger partial charge on any atom is 0.254 e. The van der Waals surface area contributed by atoms with E-state index in [0.29, 0.717) is 22.0 Å². The number of piperidine rings is 1. The fourth-order valence-electron chi connectivity index (χ4n) is 2.98. The largest absolute Gasteiger partial charge is 0.507 e. The van der Waals surface area contributed by atoms with Gasteiger partial charge >= 0.3 is 0 Å². The molecule has 2 atom stereocenters. The molecule has 17 heavy (non-hydrogen) atoms. The summed E-state index contributed by atoms with van der Waals surface area (Å²) in [4.78, 5) is 14.3. The molecule has 2 fully saturated rings. The number of hydrogen-bond acceptors (Lipinski definition) is 2. The van der Waals surface area contributed by atoms with Gasteiger partial charge in [0.05, 0.1) is 4.47 Å². The van der Waals surface area contributed by atoms with Crippen LogP contribution in [0.5, 0.6) is 5.75 Å². The van der Waals surface area contributed by atoms with Gasteiger partial charge in [-0.05, 0) is 59.3 Å². The number of benzene rings is 1. The van der Waals surface area contributed by atoms with Crippen molar-refractivity contribution in [3.8, 4) is 5.75 Å². The summed E-state index contributed by atoms with van der Waals surface area (Å²) in [7, 11) is 0. The minimum atomic E-state index is 0.0556. The summed E-state index contributed by atoms with van der Waals surface area (Å²) < 4.78 is 0.622. The minimum Gasteiger partial charge on any atom is -0.507 e. The van der Waals surface area contributed by atoms with Gasteiger partial charge in [0.25, 0.3) is 5.91 Å². The maximum atomic E-state index is 12.3. The van der Waals surface area contributed by atoms with Crippen molar-refractivity contribution in [1.29, 1.82) is 0 Å². The molecule has 2 aliphatic rings. The molecule has 2 bridgehead atoms. The lowest BCUT2D eigenvalue weighted by Gasteiger charge is -2.27. The van der Waals surface area contributed by atoms with E-state index in [1.807, 2.05) is 4.90 Å². The van der Waals surface area contributed by atoms with E-state index in [9.17, 15) is 9.90 Å². The predicted octanol–water partition coefficient (Wildman–Crippen LogP) is 2.78. The van der Waals surface area contributed by atoms with Crippen molar-refractivity contribution >= 4 is 21.8 Å². The standard InChI is InChI=1S/C13H14BrNO2/c14-11-4-2-9(6-12(11)16)13(17)15-7-8-1-3-10(15)5-8/h2,4,6,8,10,16H,1,3,5,7H2. The third-order valence-corrected chi connectivity index (χ3v) is 4.53. The predicted molar refractivity (Wildman–Crippen MR) is 68.0 cm³/mol. The fraction of sp³-hybridized carbons (Fsp3) is 0.462. The zero-order valence-electron chi connectivity index (χ0n) is 9.40. The normalized spacial score (nSPS) is 26.5. The van der Waals surface area contributed by atoms with Crippen molar-refractivity contribution in [1.82, 2.24) is 4.90 Å². The summed E-state index contributed by atoms with van der Waals surface area (Å²) in [6, 6.07) is 5.45. The highest BCUT2D eigenvalue weighted by atomic mass is 79.9. The first-order chi connectivity index (χ1) is 8.15. The molecule has 1 amide bonds. The monoisotopic (exact) mass is 295 g/mol. The SMILES string of the molecule is O=C(c1ccc(Br)c(O)c1)N1CC2CCC1C2. The smallest absolute Gasteiger partial charge is 0.254 e. The Hall–Kier alpha value is -1.03. The van der Waals surface area contributed by atoms with E-state index >= 15 is 0 Å². The van der Waals surface area contributed by atoms with E-state index in [-0.39, 0.29) is 11.7 Å². The first-order valence-corrected chi connectivity index (χ1v) is 6.74. The van der Waals surface area contributed by atoms with E-state index < -0.39 is 0 Å². The number of carbonyl (C=O) groups is 1. The maximum absolute atomic E-state index is 12.3. The summed E-state index contributed by atoms with van der Waals surface area (Å²) in [5.41, 5.74) is 0.582. The molecule has 1 aliphatic heterocycles. The third kappa shape index (κ3) is 1.84. The molecule has 3 rings (SSSR count). The molecule has 4 heteroatoms. The van der Waals surface area contributed by atoms with Crippen LogP contribution in [0.1, 0.15) is 29.6 Å². The number of carbonyl (C=O) groups excluding carboxylic acids is 1. The highest BCUT2D eigenvalue weighted by molar-refractivity contribution is 9.10. The van der Waals surface area contributed by atoms with Gasteiger partial charge in [-0.1, -0.05) is 0 Å². The molecular formula is C13H14BrNO2. The summed E-state index contributed by atoms with van der Waals surface area (Å²) in [6.45, 7) is 0.889. The van der Waals surface area contributed by atoms with Crippen LogP contribution in [0.15, 0.2) is 22.7 Å². The molecule has 1 saturated heterocycles. The Kier molecular flexibility index (Phi) is 2.62. The summed E-state index contributed by atoms with van der Waals surface area (Å²) in [5.74, 6) is 0.883. The van der Waals surface area contributed by atoms with Crippen LogP contribution < -0.4 is 0 Å². The lowest BCUT2D eigenvalue weighted by molar-refractivity contribution is 0.0703. The fourth-order valence-corrected chi connectivity index (χ4v) is 3.23. The Bertz CT molecular complexity index is 474. The van der Waals surface area contributed by atoms with Crippen molar-refractivity contribution in [2.24, 2.45) is 5.92 Å². The van der Waals surface area contributed by atoms with Gasteiger partial charge in [-0.3, -0.25) is 4.79 Å². The average Bonchev–Trinajstić information content (AvgIpc) is 2.93. The molecule has 2 unspecified atom stereocenters. The van der Waals surface area contributed by atoms with Gasteiger partial charge in [0.2, 0.25) is 0 Å². The van der Waals surface area contributed by atoms with Crippen LogP contribution in [0, 0.1) is 5.92 Å². The van der Waals surface area contributed by atoms with Crippen molar-refractivity contribution < 1.29 is 9.90 Å². The highest BCUT2D eigenvalue weighted by Crippen LogP contribution is 2.38. The van der Waals surface area contributed by atoms with Crippen molar-refractivity contribution in [3.63, 3.8) is 0 Å². The molecule has 1 heterocycles. The molecule has 0 aromatic heterocycles. The molecule has 1 aliphatic carbocycles. The molecule has 0 spiro atoms. The molecule has 1 aromatic carbocycles. The molecule has 1 saturated carbocycles. The van der Waals surface area contributed by atoms with Crippen LogP contribution in [-0.2, 0) is 0 Å². The van der Waals surface area contributed by atoms with E-state index in [2.05, 4.69) is 15.9 Å². The second-order valence-corrected chi connectivity index (χ2v) is 5.81. The lowest BCUT2D eigenvalue weighted by atomic mass is 10.1. The molecule has 1 aromatic rings. The molecule has 1 N–H and O–H groups in total. The number of aromatic hydroxyl groups is 1. The average molecular weight is 296 g/mol. The third-order valence-electron chi connectivity index (χ3n) is 3.86. The summed E-state index contributed by atoms with van der Waals surface area (Å²) in [5, 5.41) is 9.61. The number of hydrogen-bond donors (Lipinski definition) is 1. The Balaban J connectivity index is 1.84. The van der Waals surface area contributed by atoms with Crippen LogP contribution in [0.3, 0.4) is 0 Å². The Labute approximate surface area is 109 Å². The quantitative estimate of drug-likeness (QED) is 0.865. The Morgan fingerprint density at radius 1 is 1.41 bits per heavy atom. The van der Waals surface area contributed by atoms with Crippen LogP contribution in [0.4, 0.5) is 0 Å². The van der Waals surface area contributed by atoms with E-state index in [0.717, 1.165) is 19.4 Å². The molecule has 90 valence electrons. The van der Waals surface area contributed by atoms with Gasteiger partial charge in [0, 0.05) is 18.2 Å². The number of nitrogens with zero attached hydrogens (tertiary/aromatic N) is 1. The van der Waals surface area contributed by atoms with Crippen molar-refractivity contribution in [3.05, 3.63) is 28.2 Å².